The van der Waals surface area contributed by atoms with Gasteiger partial charge in [0.1, 0.15) is 5.60 Å². The molecule has 1 fully saturated rings. The van der Waals surface area contributed by atoms with Gasteiger partial charge in [0.25, 0.3) is 0 Å². The molecule has 2 aromatic rings. The molecule has 1 aliphatic heterocycles. The Morgan fingerprint density at radius 2 is 1.94 bits per heavy atom. The first-order valence-corrected chi connectivity index (χ1v) is 12.2. The molecule has 1 N–H and O–H groups in total. The number of alkyl carbamates (subject to hydrolysis) is 1. The van der Waals surface area contributed by atoms with Crippen molar-refractivity contribution >= 4 is 29.0 Å². The van der Waals surface area contributed by atoms with E-state index in [9.17, 15) is 9.59 Å². The monoisotopic (exact) mass is 482 g/mol. The van der Waals surface area contributed by atoms with Gasteiger partial charge < -0.3 is 19.5 Å². The fourth-order valence-corrected chi connectivity index (χ4v) is 4.38. The number of aromatic nitrogens is 1. The van der Waals surface area contributed by atoms with E-state index in [-0.39, 0.29) is 12.0 Å². The Morgan fingerprint density at radius 3 is 2.60 bits per heavy atom. The molecule has 1 saturated heterocycles. The molecule has 35 heavy (non-hydrogen) atoms. The number of carbonyl (C=O) groups excluding carboxylic acids is 2. The van der Waals surface area contributed by atoms with Crippen LogP contribution in [0.15, 0.2) is 36.4 Å². The van der Waals surface area contributed by atoms with Gasteiger partial charge in [0.05, 0.1) is 34.9 Å². The number of esters is 1. The molecule has 1 aliphatic rings. The van der Waals surface area contributed by atoms with Crippen molar-refractivity contribution in [3.8, 4) is 0 Å². The van der Waals surface area contributed by atoms with Crippen molar-refractivity contribution in [1.29, 1.82) is 0 Å². The minimum atomic E-state index is -0.728. The topological polar surface area (TPSA) is 86.8 Å². The molecule has 0 radical (unpaired) electrons. The molecule has 7 nitrogen and oxygen atoms in total. The molecule has 0 saturated carbocycles. The average Bonchev–Trinajstić information content (AvgIpc) is 2.75. The molecule has 1 unspecified atom stereocenters. The van der Waals surface area contributed by atoms with E-state index in [4.69, 9.17) is 19.2 Å². The highest BCUT2D eigenvalue weighted by Crippen LogP contribution is 2.41. The minimum Gasteiger partial charge on any atom is -0.465 e. The second-order valence-corrected chi connectivity index (χ2v) is 10.8. The van der Waals surface area contributed by atoms with Gasteiger partial charge in [-0.1, -0.05) is 30.4 Å². The molecule has 2 heterocycles. The summed E-state index contributed by atoms with van der Waals surface area (Å²) in [5.41, 5.74) is 0.768. The van der Waals surface area contributed by atoms with Gasteiger partial charge in [-0.3, -0.25) is 9.78 Å². The summed E-state index contributed by atoms with van der Waals surface area (Å²) in [4.78, 5) is 29.9. The van der Waals surface area contributed by atoms with Gasteiger partial charge in [-0.25, -0.2) is 4.79 Å². The molecule has 1 aromatic carbocycles. The van der Waals surface area contributed by atoms with Gasteiger partial charge in [-0.05, 0) is 79.0 Å². The first kappa shape index (κ1) is 26.7. The van der Waals surface area contributed by atoms with Gasteiger partial charge in [-0.15, -0.1) is 0 Å². The Kier molecular flexibility index (Phi) is 7.90. The molecule has 0 spiro atoms. The SMILES string of the molecule is CCOC(=O)C1(/C=C/c2ccc3ccc([C@@H](C)NC(=O)OC(C)(C)C)nc3c2)CCOC(C)(C)C1. The highest BCUT2D eigenvalue weighted by Gasteiger charge is 2.45. The number of fused-ring (bicyclic) bond motifs is 1. The quantitative estimate of drug-likeness (QED) is 0.510. The number of nitrogens with zero attached hydrogens (tertiary/aromatic N) is 1. The first-order valence-electron chi connectivity index (χ1n) is 12.2. The number of carbonyl (C=O) groups is 2. The normalized spacial score (nSPS) is 21.0. The Bertz CT molecular complexity index is 1100. The summed E-state index contributed by atoms with van der Waals surface area (Å²) in [5.74, 6) is -0.212. The number of hydrogen-bond acceptors (Lipinski definition) is 6. The van der Waals surface area contributed by atoms with Gasteiger partial charge in [0.15, 0.2) is 0 Å². The lowest BCUT2D eigenvalue weighted by Crippen LogP contribution is -2.45. The van der Waals surface area contributed by atoms with E-state index in [1.807, 2.05) is 91.0 Å². The molecule has 7 heteroatoms. The first-order chi connectivity index (χ1) is 16.3. The summed E-state index contributed by atoms with van der Waals surface area (Å²) in [6.07, 6.45) is 4.59. The highest BCUT2D eigenvalue weighted by molar-refractivity contribution is 5.83. The van der Waals surface area contributed by atoms with E-state index in [1.54, 1.807) is 0 Å². The van der Waals surface area contributed by atoms with E-state index < -0.39 is 22.7 Å². The maximum absolute atomic E-state index is 12.9. The van der Waals surface area contributed by atoms with Crippen LogP contribution in [-0.4, -0.2) is 41.5 Å². The molecular formula is C28H38N2O5. The van der Waals surface area contributed by atoms with Crippen LogP contribution in [0.25, 0.3) is 17.0 Å². The lowest BCUT2D eigenvalue weighted by molar-refractivity contribution is -0.166. The zero-order chi connectivity index (χ0) is 25.9. The van der Waals surface area contributed by atoms with E-state index in [1.165, 1.54) is 0 Å². The van der Waals surface area contributed by atoms with E-state index in [0.717, 1.165) is 22.2 Å². The predicted molar refractivity (Wildman–Crippen MR) is 137 cm³/mol. The molecular weight excluding hydrogens is 444 g/mol. The third-order valence-corrected chi connectivity index (χ3v) is 5.97. The van der Waals surface area contributed by atoms with Crippen LogP contribution in [0.2, 0.25) is 0 Å². The van der Waals surface area contributed by atoms with Crippen LogP contribution in [-0.2, 0) is 19.0 Å². The smallest absolute Gasteiger partial charge is 0.408 e. The maximum atomic E-state index is 12.9. The van der Waals surface area contributed by atoms with Crippen LogP contribution < -0.4 is 5.32 Å². The number of rotatable bonds is 6. The van der Waals surface area contributed by atoms with Crippen molar-refractivity contribution in [1.82, 2.24) is 10.3 Å². The summed E-state index contributed by atoms with van der Waals surface area (Å²) in [6.45, 7) is 14.0. The molecule has 1 amide bonds. The third-order valence-electron chi connectivity index (χ3n) is 5.97. The van der Waals surface area contributed by atoms with Crippen molar-refractivity contribution in [2.75, 3.05) is 13.2 Å². The second-order valence-electron chi connectivity index (χ2n) is 10.8. The number of benzene rings is 1. The van der Waals surface area contributed by atoms with Crippen LogP contribution in [0.5, 0.6) is 0 Å². The molecule has 1 aromatic heterocycles. The molecule has 0 bridgehead atoms. The Morgan fingerprint density at radius 1 is 1.23 bits per heavy atom. The summed E-state index contributed by atoms with van der Waals surface area (Å²) < 4.78 is 16.6. The average molecular weight is 483 g/mol. The zero-order valence-corrected chi connectivity index (χ0v) is 21.9. The van der Waals surface area contributed by atoms with Crippen LogP contribution in [0.3, 0.4) is 0 Å². The zero-order valence-electron chi connectivity index (χ0n) is 21.9. The number of amides is 1. The highest BCUT2D eigenvalue weighted by atomic mass is 16.6. The van der Waals surface area contributed by atoms with Gasteiger partial charge >= 0.3 is 12.1 Å². The third kappa shape index (κ3) is 7.04. The Balaban J connectivity index is 1.85. The number of nitrogens with one attached hydrogen (secondary N) is 1. The van der Waals surface area contributed by atoms with Crippen molar-refractivity contribution in [3.63, 3.8) is 0 Å². The lowest BCUT2D eigenvalue weighted by atomic mass is 9.73. The summed E-state index contributed by atoms with van der Waals surface area (Å²) in [7, 11) is 0. The Labute approximate surface area is 208 Å². The minimum absolute atomic E-state index is 0.212. The van der Waals surface area contributed by atoms with Gasteiger partial charge in [0.2, 0.25) is 0 Å². The second kappa shape index (κ2) is 10.4. The fourth-order valence-electron chi connectivity index (χ4n) is 4.38. The van der Waals surface area contributed by atoms with Crippen molar-refractivity contribution in [2.45, 2.75) is 78.6 Å². The van der Waals surface area contributed by atoms with E-state index in [0.29, 0.717) is 26.1 Å². The molecule has 190 valence electrons. The van der Waals surface area contributed by atoms with Crippen LogP contribution >= 0.6 is 0 Å². The maximum Gasteiger partial charge on any atom is 0.408 e. The predicted octanol–water partition coefficient (Wildman–Crippen LogP) is 5.97. The van der Waals surface area contributed by atoms with Crippen molar-refractivity contribution in [3.05, 3.63) is 47.7 Å². The largest absolute Gasteiger partial charge is 0.465 e. The van der Waals surface area contributed by atoms with Crippen molar-refractivity contribution < 1.29 is 23.8 Å². The summed E-state index contributed by atoms with van der Waals surface area (Å²) >= 11 is 0. The Hall–Kier alpha value is -2.93. The van der Waals surface area contributed by atoms with Crippen molar-refractivity contribution in [2.24, 2.45) is 5.41 Å². The van der Waals surface area contributed by atoms with Crippen LogP contribution in [0, 0.1) is 5.41 Å². The summed E-state index contributed by atoms with van der Waals surface area (Å²) in [5, 5.41) is 3.82. The lowest BCUT2D eigenvalue weighted by Gasteiger charge is -2.41. The van der Waals surface area contributed by atoms with Gasteiger partial charge in [-0.2, -0.15) is 0 Å². The van der Waals surface area contributed by atoms with E-state index in [2.05, 4.69) is 5.32 Å². The van der Waals surface area contributed by atoms with Crippen LogP contribution in [0.4, 0.5) is 4.79 Å². The van der Waals surface area contributed by atoms with E-state index >= 15 is 0 Å². The number of hydrogen-bond donors (Lipinski definition) is 1. The van der Waals surface area contributed by atoms with Gasteiger partial charge in [0, 0.05) is 12.0 Å². The molecule has 0 aliphatic carbocycles. The van der Waals surface area contributed by atoms with Crippen LogP contribution in [0.1, 0.15) is 78.6 Å². The molecule has 3 rings (SSSR count). The fraction of sp³-hybridized carbons (Fsp3) is 0.536. The summed E-state index contributed by atoms with van der Waals surface area (Å²) in [6, 6.07) is 9.57. The standard InChI is InChI=1S/C28H38N2O5/c1-8-33-24(31)28(15-16-34-27(6,7)18-28)14-13-20-9-10-21-11-12-22(30-23(21)17-20)19(2)29-25(32)35-26(3,4)5/h9-14,17,19H,8,15-16,18H2,1-7H3,(H,29,32)/b14-13+/t19-,28?/m1/s1. The molecule has 2 atom stereocenters. The number of pyridine rings is 1. The number of ether oxygens (including phenoxy) is 3.